The van der Waals surface area contributed by atoms with E-state index in [1.165, 1.54) is 11.6 Å². The highest BCUT2D eigenvalue weighted by Crippen LogP contribution is 2.22. The zero-order valence-electron chi connectivity index (χ0n) is 16.2. The molecular formula is C23H29FN2O. The average molecular weight is 368 g/mol. The summed E-state index contributed by atoms with van der Waals surface area (Å²) in [6.45, 7) is 6.41. The number of rotatable bonds is 6. The van der Waals surface area contributed by atoms with Crippen LogP contribution >= 0.6 is 0 Å². The fourth-order valence-electron chi connectivity index (χ4n) is 3.81. The van der Waals surface area contributed by atoms with Gasteiger partial charge in [-0.15, -0.1) is 0 Å². The van der Waals surface area contributed by atoms with E-state index in [2.05, 4.69) is 36.2 Å². The summed E-state index contributed by atoms with van der Waals surface area (Å²) in [6.07, 6.45) is 2.45. The molecule has 1 amide bonds. The molecule has 2 aromatic rings. The number of amides is 1. The van der Waals surface area contributed by atoms with Crippen molar-refractivity contribution in [3.05, 3.63) is 71.5 Å². The molecule has 1 heterocycles. The topological polar surface area (TPSA) is 32.3 Å². The van der Waals surface area contributed by atoms with E-state index in [1.807, 2.05) is 30.3 Å². The summed E-state index contributed by atoms with van der Waals surface area (Å²) in [4.78, 5) is 15.0. The van der Waals surface area contributed by atoms with Crippen molar-refractivity contribution in [3.8, 4) is 0 Å². The molecule has 0 atom stereocenters. The molecule has 144 valence electrons. The lowest BCUT2D eigenvalue weighted by Crippen LogP contribution is -2.49. The van der Waals surface area contributed by atoms with Gasteiger partial charge in [-0.2, -0.15) is 0 Å². The normalized spacial score (nSPS) is 16.3. The van der Waals surface area contributed by atoms with E-state index in [1.54, 1.807) is 6.07 Å². The van der Waals surface area contributed by atoms with Crippen molar-refractivity contribution in [2.45, 2.75) is 45.2 Å². The standard InChI is InChI=1S/C23H29FN2O/c1-23(2,16-18-8-4-3-5-9-18)25-22(27)19-12-14-26(15-13-19)17-20-10-6-7-11-21(20)24/h3-11,19H,12-17H2,1-2H3,(H,25,27). The van der Waals surface area contributed by atoms with Crippen molar-refractivity contribution in [1.82, 2.24) is 10.2 Å². The Kier molecular flexibility index (Phi) is 6.27. The van der Waals surface area contributed by atoms with Gasteiger partial charge in [0.05, 0.1) is 0 Å². The second-order valence-corrected chi connectivity index (χ2v) is 8.18. The number of halogens is 1. The average Bonchev–Trinajstić information content (AvgIpc) is 2.64. The first-order valence-electron chi connectivity index (χ1n) is 9.75. The zero-order chi connectivity index (χ0) is 19.3. The summed E-state index contributed by atoms with van der Waals surface area (Å²) in [6, 6.07) is 17.2. The molecule has 1 N–H and O–H groups in total. The number of nitrogens with zero attached hydrogens (tertiary/aromatic N) is 1. The van der Waals surface area contributed by atoms with Gasteiger partial charge in [0.15, 0.2) is 0 Å². The van der Waals surface area contributed by atoms with Crippen molar-refractivity contribution < 1.29 is 9.18 Å². The molecule has 1 aliphatic heterocycles. The van der Waals surface area contributed by atoms with Crippen LogP contribution < -0.4 is 5.32 Å². The van der Waals surface area contributed by atoms with Crippen LogP contribution in [0.4, 0.5) is 4.39 Å². The molecule has 1 aliphatic rings. The Balaban J connectivity index is 1.48. The zero-order valence-corrected chi connectivity index (χ0v) is 16.2. The van der Waals surface area contributed by atoms with E-state index < -0.39 is 0 Å². The van der Waals surface area contributed by atoms with Crippen LogP contribution in [0.15, 0.2) is 54.6 Å². The van der Waals surface area contributed by atoms with E-state index in [4.69, 9.17) is 0 Å². The minimum atomic E-state index is -0.275. The lowest BCUT2D eigenvalue weighted by atomic mass is 9.91. The van der Waals surface area contributed by atoms with Gasteiger partial charge in [-0.05, 0) is 57.8 Å². The third kappa shape index (κ3) is 5.64. The Morgan fingerprint density at radius 2 is 1.70 bits per heavy atom. The van der Waals surface area contributed by atoms with Gasteiger partial charge in [-0.3, -0.25) is 9.69 Å². The predicted octanol–water partition coefficient (Wildman–Crippen LogP) is 4.18. The maximum atomic E-state index is 13.8. The van der Waals surface area contributed by atoms with Crippen LogP contribution in [0, 0.1) is 11.7 Å². The van der Waals surface area contributed by atoms with Crippen molar-refractivity contribution in [2.75, 3.05) is 13.1 Å². The van der Waals surface area contributed by atoms with Gasteiger partial charge in [-0.1, -0.05) is 48.5 Å². The maximum Gasteiger partial charge on any atom is 0.223 e. The molecule has 0 saturated carbocycles. The summed E-state index contributed by atoms with van der Waals surface area (Å²) in [5, 5.41) is 3.23. The van der Waals surface area contributed by atoms with Gasteiger partial charge in [0.2, 0.25) is 5.91 Å². The van der Waals surface area contributed by atoms with Crippen molar-refractivity contribution in [2.24, 2.45) is 5.92 Å². The molecular weight excluding hydrogens is 339 g/mol. The number of likely N-dealkylation sites (tertiary alicyclic amines) is 1. The number of benzene rings is 2. The van der Waals surface area contributed by atoms with Crippen LogP contribution in [0.3, 0.4) is 0 Å². The van der Waals surface area contributed by atoms with E-state index in [9.17, 15) is 9.18 Å². The van der Waals surface area contributed by atoms with Crippen molar-refractivity contribution in [3.63, 3.8) is 0 Å². The van der Waals surface area contributed by atoms with Gasteiger partial charge >= 0.3 is 0 Å². The second-order valence-electron chi connectivity index (χ2n) is 8.18. The number of carbonyl (C=O) groups excluding carboxylic acids is 1. The molecule has 27 heavy (non-hydrogen) atoms. The molecule has 4 heteroatoms. The molecule has 1 fully saturated rings. The van der Waals surface area contributed by atoms with Crippen LogP contribution in [0.2, 0.25) is 0 Å². The Hall–Kier alpha value is -2.20. The molecule has 0 aromatic heterocycles. The Labute approximate surface area is 161 Å². The van der Waals surface area contributed by atoms with Gasteiger partial charge in [0.1, 0.15) is 5.82 Å². The summed E-state index contributed by atoms with van der Waals surface area (Å²) >= 11 is 0. The van der Waals surface area contributed by atoms with Crippen LogP contribution in [0.5, 0.6) is 0 Å². The fraction of sp³-hybridized carbons (Fsp3) is 0.435. The summed E-state index contributed by atoms with van der Waals surface area (Å²) in [7, 11) is 0. The monoisotopic (exact) mass is 368 g/mol. The first-order valence-corrected chi connectivity index (χ1v) is 9.75. The fourth-order valence-corrected chi connectivity index (χ4v) is 3.81. The predicted molar refractivity (Wildman–Crippen MR) is 107 cm³/mol. The van der Waals surface area contributed by atoms with Crippen LogP contribution in [0.1, 0.15) is 37.8 Å². The first kappa shape index (κ1) is 19.6. The smallest absolute Gasteiger partial charge is 0.223 e. The highest BCUT2D eigenvalue weighted by Gasteiger charge is 2.29. The third-order valence-corrected chi connectivity index (χ3v) is 5.26. The van der Waals surface area contributed by atoms with Crippen LogP contribution in [-0.4, -0.2) is 29.4 Å². The third-order valence-electron chi connectivity index (χ3n) is 5.26. The molecule has 0 spiro atoms. The van der Waals surface area contributed by atoms with E-state index in [-0.39, 0.29) is 23.2 Å². The number of nitrogens with one attached hydrogen (secondary N) is 1. The number of carbonyl (C=O) groups is 1. The Morgan fingerprint density at radius 1 is 1.07 bits per heavy atom. The Bertz CT molecular complexity index is 752. The van der Waals surface area contributed by atoms with Crippen molar-refractivity contribution in [1.29, 1.82) is 0 Å². The SMILES string of the molecule is CC(C)(Cc1ccccc1)NC(=O)C1CCN(Cc2ccccc2F)CC1. The molecule has 3 nitrogen and oxygen atoms in total. The molecule has 0 radical (unpaired) electrons. The number of piperidine rings is 1. The highest BCUT2D eigenvalue weighted by molar-refractivity contribution is 5.79. The lowest BCUT2D eigenvalue weighted by molar-refractivity contribution is -0.128. The lowest BCUT2D eigenvalue weighted by Gasteiger charge is -2.34. The van der Waals surface area contributed by atoms with Crippen LogP contribution in [-0.2, 0) is 17.8 Å². The largest absolute Gasteiger partial charge is 0.351 e. The quantitative estimate of drug-likeness (QED) is 0.830. The summed E-state index contributed by atoms with van der Waals surface area (Å²) in [5.41, 5.74) is 1.68. The summed E-state index contributed by atoms with van der Waals surface area (Å²) < 4.78 is 13.8. The van der Waals surface area contributed by atoms with E-state index in [0.29, 0.717) is 6.54 Å². The molecule has 0 bridgehead atoms. The van der Waals surface area contributed by atoms with Gasteiger partial charge < -0.3 is 5.32 Å². The molecule has 3 rings (SSSR count). The Morgan fingerprint density at radius 3 is 2.37 bits per heavy atom. The first-order chi connectivity index (χ1) is 12.9. The number of hydrogen-bond acceptors (Lipinski definition) is 2. The van der Waals surface area contributed by atoms with Crippen LogP contribution in [0.25, 0.3) is 0 Å². The van der Waals surface area contributed by atoms with Gasteiger partial charge in [-0.25, -0.2) is 4.39 Å². The molecule has 2 aromatic carbocycles. The van der Waals surface area contributed by atoms with E-state index in [0.717, 1.165) is 37.9 Å². The molecule has 0 aliphatic carbocycles. The highest BCUT2D eigenvalue weighted by atomic mass is 19.1. The maximum absolute atomic E-state index is 13.8. The van der Waals surface area contributed by atoms with Gasteiger partial charge in [0, 0.05) is 23.6 Å². The minimum Gasteiger partial charge on any atom is -0.351 e. The van der Waals surface area contributed by atoms with Gasteiger partial charge in [0.25, 0.3) is 0 Å². The van der Waals surface area contributed by atoms with E-state index >= 15 is 0 Å². The second kappa shape index (κ2) is 8.66. The minimum absolute atomic E-state index is 0.0388. The van der Waals surface area contributed by atoms with Crippen molar-refractivity contribution >= 4 is 5.91 Å². The molecule has 0 unspecified atom stereocenters. The number of hydrogen-bond donors (Lipinski definition) is 1. The summed E-state index contributed by atoms with van der Waals surface area (Å²) in [5.74, 6) is 0.0263. The molecule has 1 saturated heterocycles.